The van der Waals surface area contributed by atoms with Crippen molar-refractivity contribution in [1.29, 1.82) is 0 Å². The third kappa shape index (κ3) is 2.69. The van der Waals surface area contributed by atoms with Crippen molar-refractivity contribution in [2.45, 2.75) is 19.4 Å². The summed E-state index contributed by atoms with van der Waals surface area (Å²) < 4.78 is 1.70. The highest BCUT2D eigenvalue weighted by Crippen LogP contribution is 2.23. The van der Waals surface area contributed by atoms with Crippen molar-refractivity contribution < 1.29 is 9.90 Å². The molecule has 1 fully saturated rings. The minimum absolute atomic E-state index is 0.00394. The van der Waals surface area contributed by atoms with Crippen LogP contribution in [0.15, 0.2) is 42.7 Å². The first kappa shape index (κ1) is 13.8. The Morgan fingerprint density at radius 3 is 2.86 bits per heavy atom. The van der Waals surface area contributed by atoms with Crippen LogP contribution in [-0.4, -0.2) is 44.9 Å². The van der Waals surface area contributed by atoms with E-state index in [4.69, 9.17) is 0 Å². The largest absolute Gasteiger partial charge is 0.393 e. The van der Waals surface area contributed by atoms with Gasteiger partial charge in [0.2, 0.25) is 0 Å². The summed E-state index contributed by atoms with van der Waals surface area (Å²) >= 11 is 0. The van der Waals surface area contributed by atoms with Crippen molar-refractivity contribution in [3.63, 3.8) is 0 Å². The fourth-order valence-corrected chi connectivity index (χ4v) is 2.80. The number of likely N-dealkylation sites (tertiary alicyclic amines) is 1. The lowest BCUT2D eigenvalue weighted by Gasteiger charge is -2.19. The summed E-state index contributed by atoms with van der Waals surface area (Å²) in [4.78, 5) is 14.6. The molecule has 1 aliphatic heterocycles. The van der Waals surface area contributed by atoms with E-state index < -0.39 is 0 Å². The van der Waals surface area contributed by atoms with Crippen LogP contribution in [0.5, 0.6) is 0 Å². The molecule has 0 aliphatic carbocycles. The van der Waals surface area contributed by atoms with Gasteiger partial charge in [-0.05, 0) is 31.5 Å². The molecule has 5 heteroatoms. The fraction of sp³-hybridized carbons (Fsp3) is 0.375. The first-order valence-electron chi connectivity index (χ1n) is 7.23. The molecule has 21 heavy (non-hydrogen) atoms. The molecule has 3 rings (SSSR count). The van der Waals surface area contributed by atoms with Gasteiger partial charge in [0, 0.05) is 31.4 Å². The van der Waals surface area contributed by atoms with E-state index >= 15 is 0 Å². The van der Waals surface area contributed by atoms with E-state index in [1.54, 1.807) is 17.8 Å². The number of hydrogen-bond acceptors (Lipinski definition) is 3. The van der Waals surface area contributed by atoms with Crippen molar-refractivity contribution >= 4 is 5.91 Å². The number of aromatic nitrogens is 2. The number of carbonyl (C=O) groups excluding carboxylic acids is 1. The molecular weight excluding hydrogens is 266 g/mol. The van der Waals surface area contributed by atoms with E-state index in [0.29, 0.717) is 18.7 Å². The minimum Gasteiger partial charge on any atom is -0.393 e. The Hall–Kier alpha value is -2.14. The van der Waals surface area contributed by atoms with Gasteiger partial charge in [-0.3, -0.25) is 4.79 Å². The predicted octanol–water partition coefficient (Wildman–Crippen LogP) is 1.72. The van der Waals surface area contributed by atoms with Crippen LogP contribution in [-0.2, 0) is 0 Å². The summed E-state index contributed by atoms with van der Waals surface area (Å²) in [7, 11) is 0. The molecule has 5 nitrogen and oxygen atoms in total. The summed E-state index contributed by atoms with van der Waals surface area (Å²) in [5.41, 5.74) is 1.43. The first-order chi connectivity index (χ1) is 10.2. The molecule has 1 N–H and O–H groups in total. The second kappa shape index (κ2) is 5.69. The maximum absolute atomic E-state index is 12.7. The van der Waals surface area contributed by atoms with E-state index in [-0.39, 0.29) is 17.9 Å². The first-order valence-corrected chi connectivity index (χ1v) is 7.23. The lowest BCUT2D eigenvalue weighted by Crippen LogP contribution is -2.31. The zero-order chi connectivity index (χ0) is 14.8. The van der Waals surface area contributed by atoms with Crippen molar-refractivity contribution in [1.82, 2.24) is 14.7 Å². The Morgan fingerprint density at radius 2 is 2.19 bits per heavy atom. The van der Waals surface area contributed by atoms with Gasteiger partial charge in [0.1, 0.15) is 0 Å². The van der Waals surface area contributed by atoms with Crippen molar-refractivity contribution in [3.8, 4) is 5.69 Å². The molecule has 1 saturated heterocycles. The molecule has 1 amide bonds. The second-order valence-electron chi connectivity index (χ2n) is 5.51. The maximum atomic E-state index is 12.7. The van der Waals surface area contributed by atoms with Crippen LogP contribution in [0.4, 0.5) is 0 Å². The molecule has 0 spiro atoms. The monoisotopic (exact) mass is 285 g/mol. The van der Waals surface area contributed by atoms with Gasteiger partial charge in [-0.25, -0.2) is 4.68 Å². The van der Waals surface area contributed by atoms with Crippen LogP contribution < -0.4 is 0 Å². The van der Waals surface area contributed by atoms with Crippen molar-refractivity contribution in [3.05, 3.63) is 48.3 Å². The molecule has 0 saturated carbocycles. The summed E-state index contributed by atoms with van der Waals surface area (Å²) in [6, 6.07) is 9.32. The molecule has 2 unspecified atom stereocenters. The number of amides is 1. The molecule has 1 aliphatic rings. The minimum atomic E-state index is -0.371. The smallest absolute Gasteiger partial charge is 0.256 e. The van der Waals surface area contributed by atoms with Crippen LogP contribution in [0.25, 0.3) is 5.69 Å². The van der Waals surface area contributed by atoms with Crippen LogP contribution in [0, 0.1) is 5.92 Å². The van der Waals surface area contributed by atoms with E-state index in [1.165, 1.54) is 0 Å². The average molecular weight is 285 g/mol. The lowest BCUT2D eigenvalue weighted by molar-refractivity contribution is 0.0762. The molecule has 0 radical (unpaired) electrons. The average Bonchev–Trinajstić information content (AvgIpc) is 3.18. The van der Waals surface area contributed by atoms with Crippen LogP contribution >= 0.6 is 0 Å². The predicted molar refractivity (Wildman–Crippen MR) is 79.3 cm³/mol. The number of aliphatic hydroxyl groups is 1. The number of para-hydroxylation sites is 1. The van der Waals surface area contributed by atoms with Gasteiger partial charge in [0.05, 0.1) is 17.4 Å². The number of hydrogen-bond donors (Lipinski definition) is 1. The maximum Gasteiger partial charge on any atom is 0.256 e. The number of rotatable bonds is 3. The second-order valence-corrected chi connectivity index (χ2v) is 5.51. The Morgan fingerprint density at radius 1 is 1.38 bits per heavy atom. The zero-order valence-corrected chi connectivity index (χ0v) is 12.0. The van der Waals surface area contributed by atoms with Gasteiger partial charge in [0.15, 0.2) is 0 Å². The van der Waals surface area contributed by atoms with Gasteiger partial charge >= 0.3 is 0 Å². The van der Waals surface area contributed by atoms with E-state index in [2.05, 4.69) is 5.10 Å². The molecule has 0 bridgehead atoms. The topological polar surface area (TPSA) is 58.4 Å². The zero-order valence-electron chi connectivity index (χ0n) is 12.0. The highest BCUT2D eigenvalue weighted by molar-refractivity contribution is 5.97. The summed E-state index contributed by atoms with van der Waals surface area (Å²) in [6.45, 7) is 3.10. The quantitative estimate of drug-likeness (QED) is 0.934. The van der Waals surface area contributed by atoms with Gasteiger partial charge in [-0.1, -0.05) is 12.1 Å². The molecule has 2 atom stereocenters. The molecule has 1 aromatic heterocycles. The number of carbonyl (C=O) groups is 1. The summed E-state index contributed by atoms with van der Waals surface area (Å²) in [5, 5.41) is 13.9. The molecular formula is C16H19N3O2. The summed E-state index contributed by atoms with van der Waals surface area (Å²) in [5.74, 6) is 0.176. The van der Waals surface area contributed by atoms with Crippen LogP contribution in [0.3, 0.4) is 0 Å². The lowest BCUT2D eigenvalue weighted by atomic mass is 10.0. The van der Waals surface area contributed by atoms with Crippen LogP contribution in [0.2, 0.25) is 0 Å². The van der Waals surface area contributed by atoms with Gasteiger partial charge in [-0.2, -0.15) is 5.10 Å². The third-order valence-corrected chi connectivity index (χ3v) is 4.08. The van der Waals surface area contributed by atoms with Gasteiger partial charge in [0.25, 0.3) is 5.91 Å². The highest BCUT2D eigenvalue weighted by Gasteiger charge is 2.30. The normalized spacial score (nSPS) is 19.7. The van der Waals surface area contributed by atoms with E-state index in [1.807, 2.05) is 41.4 Å². The fourth-order valence-electron chi connectivity index (χ4n) is 2.80. The van der Waals surface area contributed by atoms with E-state index in [9.17, 15) is 9.90 Å². The van der Waals surface area contributed by atoms with Crippen molar-refractivity contribution in [2.75, 3.05) is 13.1 Å². The standard InChI is InChI=1S/C16H19N3O2/c1-12(20)13-7-10-18(11-13)16(21)14-5-2-3-6-15(14)19-9-4-8-17-19/h2-6,8-9,12-13,20H,7,10-11H2,1H3. The SMILES string of the molecule is CC(O)C1CCN(C(=O)c2ccccc2-n2cccn2)C1. The number of benzene rings is 1. The Labute approximate surface area is 123 Å². The van der Waals surface area contributed by atoms with Gasteiger partial charge in [-0.15, -0.1) is 0 Å². The summed E-state index contributed by atoms with van der Waals surface area (Å²) in [6.07, 6.45) is 4.01. The van der Waals surface area contributed by atoms with Gasteiger partial charge < -0.3 is 10.0 Å². The van der Waals surface area contributed by atoms with E-state index in [0.717, 1.165) is 12.1 Å². The van der Waals surface area contributed by atoms with Crippen LogP contribution in [0.1, 0.15) is 23.7 Å². The van der Waals surface area contributed by atoms with Crippen molar-refractivity contribution in [2.24, 2.45) is 5.92 Å². The molecule has 1 aromatic carbocycles. The Bertz CT molecular complexity index is 622. The highest BCUT2D eigenvalue weighted by atomic mass is 16.3. The Balaban J connectivity index is 1.86. The Kier molecular flexibility index (Phi) is 3.75. The number of aliphatic hydroxyl groups excluding tert-OH is 1. The molecule has 2 heterocycles. The third-order valence-electron chi connectivity index (χ3n) is 4.08. The number of nitrogens with zero attached hydrogens (tertiary/aromatic N) is 3. The molecule has 2 aromatic rings. The molecule has 110 valence electrons.